The fourth-order valence-electron chi connectivity index (χ4n) is 4.77. The molecule has 0 radical (unpaired) electrons. The molecule has 8 nitrogen and oxygen atoms in total. The molecule has 2 aliphatic rings. The molecule has 5 rings (SSSR count). The number of fused-ring (bicyclic) bond motifs is 1. The molecular formula is C25H20F3N5O3. The number of carbonyl (C=O) groups is 2. The number of hydrogen-bond acceptors (Lipinski definition) is 5. The summed E-state index contributed by atoms with van der Waals surface area (Å²) in [5, 5.41) is 7.65. The van der Waals surface area contributed by atoms with Gasteiger partial charge in [-0.05, 0) is 70.8 Å². The summed E-state index contributed by atoms with van der Waals surface area (Å²) >= 11 is 0. The van der Waals surface area contributed by atoms with Gasteiger partial charge in [0.1, 0.15) is 0 Å². The number of allylic oxidation sites excluding steroid dienone is 2. The molecular weight excluding hydrogens is 475 g/mol. The molecule has 1 aliphatic heterocycles. The van der Waals surface area contributed by atoms with Gasteiger partial charge in [-0.2, -0.15) is 22.5 Å². The minimum atomic E-state index is -4.49. The van der Waals surface area contributed by atoms with E-state index in [-0.39, 0.29) is 30.0 Å². The zero-order valence-corrected chi connectivity index (χ0v) is 19.2. The van der Waals surface area contributed by atoms with Crippen molar-refractivity contribution in [2.24, 2.45) is 5.92 Å². The van der Waals surface area contributed by atoms with Crippen molar-refractivity contribution in [2.45, 2.75) is 32.6 Å². The lowest BCUT2D eigenvalue weighted by molar-refractivity contribution is -0.137. The molecule has 2 heterocycles. The van der Waals surface area contributed by atoms with Crippen molar-refractivity contribution in [3.63, 3.8) is 0 Å². The van der Waals surface area contributed by atoms with E-state index in [1.807, 2.05) is 19.9 Å². The van der Waals surface area contributed by atoms with Gasteiger partial charge in [0.25, 0.3) is 11.8 Å². The lowest BCUT2D eigenvalue weighted by Crippen LogP contribution is -2.45. The monoisotopic (exact) mass is 495 g/mol. The van der Waals surface area contributed by atoms with Crippen LogP contribution < -0.4 is 5.69 Å². The summed E-state index contributed by atoms with van der Waals surface area (Å²) in [5.74, 6) is -0.909. The third kappa shape index (κ3) is 3.86. The maximum atomic E-state index is 13.0. The van der Waals surface area contributed by atoms with Crippen molar-refractivity contribution in [2.75, 3.05) is 0 Å². The van der Waals surface area contributed by atoms with E-state index in [0.29, 0.717) is 11.1 Å². The number of carbonyl (C=O) groups excluding carboxylic acids is 2. The van der Waals surface area contributed by atoms with Crippen molar-refractivity contribution in [3.8, 4) is 5.69 Å². The predicted octanol–water partition coefficient (Wildman–Crippen LogP) is 3.64. The van der Waals surface area contributed by atoms with E-state index in [2.05, 4.69) is 10.4 Å². The van der Waals surface area contributed by atoms with Crippen LogP contribution in [0.5, 0.6) is 0 Å². The van der Waals surface area contributed by atoms with Crippen LogP contribution in [0.4, 0.5) is 13.2 Å². The van der Waals surface area contributed by atoms with Crippen LogP contribution in [0.1, 0.15) is 40.1 Å². The lowest BCUT2D eigenvalue weighted by atomic mass is 9.86. The summed E-state index contributed by atoms with van der Waals surface area (Å²) in [6.07, 6.45) is -0.816. The number of halogens is 3. The number of tetrazole rings is 1. The van der Waals surface area contributed by atoms with E-state index < -0.39 is 23.5 Å². The molecule has 0 saturated heterocycles. The fraction of sp³-hybridized carbons (Fsp3) is 0.240. The van der Waals surface area contributed by atoms with E-state index in [4.69, 9.17) is 0 Å². The minimum absolute atomic E-state index is 0.0655. The maximum Gasteiger partial charge on any atom is 0.416 e. The molecule has 2 aromatic carbocycles. The van der Waals surface area contributed by atoms with Crippen molar-refractivity contribution in [1.29, 1.82) is 0 Å². The molecule has 184 valence electrons. The Balaban J connectivity index is 1.36. The highest BCUT2D eigenvalue weighted by molar-refractivity contribution is 6.21. The van der Waals surface area contributed by atoms with E-state index in [1.165, 1.54) is 4.90 Å². The molecule has 36 heavy (non-hydrogen) atoms. The summed E-state index contributed by atoms with van der Waals surface area (Å²) in [4.78, 5) is 40.0. The van der Waals surface area contributed by atoms with Crippen LogP contribution in [0.15, 0.2) is 76.6 Å². The van der Waals surface area contributed by atoms with Crippen molar-refractivity contribution >= 4 is 11.8 Å². The fourth-order valence-corrected chi connectivity index (χ4v) is 4.77. The van der Waals surface area contributed by atoms with E-state index >= 15 is 0 Å². The molecule has 2 atom stereocenters. The maximum absolute atomic E-state index is 13.0. The number of aromatic nitrogens is 4. The number of amides is 2. The molecule has 1 aromatic heterocycles. The van der Waals surface area contributed by atoms with Gasteiger partial charge in [-0.1, -0.05) is 31.2 Å². The van der Waals surface area contributed by atoms with Gasteiger partial charge in [0.15, 0.2) is 0 Å². The first kappa shape index (κ1) is 23.5. The summed E-state index contributed by atoms with van der Waals surface area (Å²) in [5.41, 5.74) is 0.972. The Hall–Kier alpha value is -4.28. The quantitative estimate of drug-likeness (QED) is 0.516. The van der Waals surface area contributed by atoms with Gasteiger partial charge in [0.05, 0.1) is 35.0 Å². The second-order valence-electron chi connectivity index (χ2n) is 8.84. The second kappa shape index (κ2) is 8.43. The van der Waals surface area contributed by atoms with Crippen molar-refractivity contribution in [1.82, 2.24) is 24.7 Å². The minimum Gasteiger partial charge on any atom is -0.269 e. The van der Waals surface area contributed by atoms with Crippen LogP contribution in [0.2, 0.25) is 0 Å². The van der Waals surface area contributed by atoms with Crippen LogP contribution in [0.3, 0.4) is 0 Å². The molecule has 0 spiro atoms. The largest absolute Gasteiger partial charge is 0.416 e. The van der Waals surface area contributed by atoms with Crippen molar-refractivity contribution in [3.05, 3.63) is 99.0 Å². The molecule has 0 bridgehead atoms. The van der Waals surface area contributed by atoms with Crippen LogP contribution >= 0.6 is 0 Å². The molecule has 0 N–H and O–H groups in total. The average molecular weight is 495 g/mol. The van der Waals surface area contributed by atoms with Crippen LogP contribution in [0.25, 0.3) is 5.69 Å². The number of nitrogens with zero attached hydrogens (tertiary/aromatic N) is 5. The molecule has 2 unspecified atom stereocenters. The number of rotatable bonds is 4. The second-order valence-corrected chi connectivity index (χ2v) is 8.84. The van der Waals surface area contributed by atoms with Crippen molar-refractivity contribution < 1.29 is 22.8 Å². The Kier molecular flexibility index (Phi) is 5.50. The molecule has 0 saturated carbocycles. The highest BCUT2D eigenvalue weighted by Gasteiger charge is 2.42. The van der Waals surface area contributed by atoms with E-state index in [0.717, 1.165) is 44.8 Å². The van der Waals surface area contributed by atoms with Gasteiger partial charge in [0.2, 0.25) is 0 Å². The summed E-state index contributed by atoms with van der Waals surface area (Å²) in [6, 6.07) is 10.3. The number of imide groups is 1. The SMILES string of the molecule is CC1=CC(Cn2nnn(-c3ccc(C(F)(F)F)cc3)c2=O)=CC(C)C1N1C(=O)c2ccccc2C1=O. The topological polar surface area (TPSA) is 90.1 Å². The normalized spacial score (nSPS) is 19.9. The zero-order valence-electron chi connectivity index (χ0n) is 19.2. The lowest BCUT2D eigenvalue weighted by Gasteiger charge is -2.33. The number of benzene rings is 2. The van der Waals surface area contributed by atoms with Gasteiger partial charge in [-0.15, -0.1) is 0 Å². The summed E-state index contributed by atoms with van der Waals surface area (Å²) in [7, 11) is 0. The van der Waals surface area contributed by atoms with Gasteiger partial charge in [-0.25, -0.2) is 4.79 Å². The molecule has 1 aliphatic carbocycles. The molecule has 0 fully saturated rings. The Morgan fingerprint density at radius 1 is 0.917 bits per heavy atom. The van der Waals surface area contributed by atoms with Gasteiger partial charge in [-0.3, -0.25) is 14.5 Å². The first-order valence-electron chi connectivity index (χ1n) is 11.1. The smallest absolute Gasteiger partial charge is 0.269 e. The summed E-state index contributed by atoms with van der Waals surface area (Å²) in [6.45, 7) is 3.77. The molecule has 2 amide bonds. The third-order valence-corrected chi connectivity index (χ3v) is 6.37. The van der Waals surface area contributed by atoms with E-state index in [9.17, 15) is 27.6 Å². The predicted molar refractivity (Wildman–Crippen MR) is 122 cm³/mol. The van der Waals surface area contributed by atoms with E-state index in [1.54, 1.807) is 30.3 Å². The van der Waals surface area contributed by atoms with Gasteiger partial charge in [0, 0.05) is 0 Å². The Morgan fingerprint density at radius 3 is 2.08 bits per heavy atom. The highest BCUT2D eigenvalue weighted by atomic mass is 19.4. The average Bonchev–Trinajstić information content (AvgIpc) is 3.31. The third-order valence-electron chi connectivity index (χ3n) is 6.37. The number of hydrogen-bond donors (Lipinski definition) is 0. The van der Waals surface area contributed by atoms with Crippen LogP contribution in [0, 0.1) is 5.92 Å². The zero-order chi connectivity index (χ0) is 25.8. The van der Waals surface area contributed by atoms with Crippen LogP contribution in [-0.2, 0) is 12.7 Å². The highest BCUT2D eigenvalue weighted by Crippen LogP contribution is 2.34. The summed E-state index contributed by atoms with van der Waals surface area (Å²) < 4.78 is 40.5. The number of alkyl halides is 3. The molecule has 3 aromatic rings. The molecule has 11 heteroatoms. The Labute approximate surface area is 202 Å². The Morgan fingerprint density at radius 2 is 1.53 bits per heavy atom. The van der Waals surface area contributed by atoms with Gasteiger partial charge < -0.3 is 0 Å². The first-order valence-corrected chi connectivity index (χ1v) is 11.1. The standard InChI is InChI=1S/C25H20F3N5O3/c1-14-11-16(12-15(2)21(14)32-22(34)19-5-3-4-6-20(19)23(32)35)13-31-24(36)33(30-29-31)18-9-7-17(8-10-18)25(26,27)28/h3-12,14,21H,13H2,1-2H3. The van der Waals surface area contributed by atoms with Gasteiger partial charge >= 0.3 is 11.9 Å². The van der Waals surface area contributed by atoms with Crippen LogP contribution in [-0.4, -0.2) is 42.5 Å². The first-order chi connectivity index (χ1) is 17.1. The Bertz CT molecular complexity index is 1460.